The number of nitriles is 1. The Bertz CT molecular complexity index is 467. The van der Waals surface area contributed by atoms with Crippen molar-refractivity contribution in [2.24, 2.45) is 0 Å². The molecule has 0 bridgehead atoms. The van der Waals surface area contributed by atoms with Crippen molar-refractivity contribution in [1.82, 2.24) is 10.3 Å². The average molecular weight is 247 g/mol. The van der Waals surface area contributed by atoms with Crippen molar-refractivity contribution in [2.75, 3.05) is 6.54 Å². The van der Waals surface area contributed by atoms with Gasteiger partial charge in [-0.05, 0) is 25.0 Å². The van der Waals surface area contributed by atoms with Crippen LogP contribution in [0.15, 0.2) is 12.1 Å². The number of H-pyrrole nitrogens is 1. The van der Waals surface area contributed by atoms with Crippen molar-refractivity contribution in [1.29, 1.82) is 5.26 Å². The maximum Gasteiger partial charge on any atom is 0.267 e. The molecule has 0 atom stereocenters. The Morgan fingerprint density at radius 1 is 1.44 bits per heavy atom. The van der Waals surface area contributed by atoms with E-state index in [-0.39, 0.29) is 12.5 Å². The SMILES string of the molecule is N#Cc1ccc(C(=O)NCC2(O)CCCCC2)[nH]1. The summed E-state index contributed by atoms with van der Waals surface area (Å²) in [6.45, 7) is 0.271. The first-order valence-electron chi connectivity index (χ1n) is 6.23. The normalized spacial score (nSPS) is 18.0. The third kappa shape index (κ3) is 2.90. The standard InChI is InChI=1S/C13H17N3O2/c14-8-10-4-5-11(16-10)12(17)15-9-13(18)6-2-1-3-7-13/h4-5,16,18H,1-3,6-7,9H2,(H,15,17). The summed E-state index contributed by atoms with van der Waals surface area (Å²) < 4.78 is 0. The molecule has 1 aromatic heterocycles. The minimum absolute atomic E-state index is 0.271. The van der Waals surface area contributed by atoms with Gasteiger partial charge >= 0.3 is 0 Å². The van der Waals surface area contributed by atoms with Gasteiger partial charge in [0.15, 0.2) is 0 Å². The number of amides is 1. The topological polar surface area (TPSA) is 88.9 Å². The maximum atomic E-state index is 11.8. The Kier molecular flexibility index (Phi) is 3.68. The molecule has 1 aliphatic carbocycles. The third-order valence-corrected chi connectivity index (χ3v) is 3.41. The van der Waals surface area contributed by atoms with Gasteiger partial charge in [-0.25, -0.2) is 0 Å². The summed E-state index contributed by atoms with van der Waals surface area (Å²) in [5, 5.41) is 21.6. The number of rotatable bonds is 3. The van der Waals surface area contributed by atoms with Gasteiger partial charge < -0.3 is 15.4 Å². The van der Waals surface area contributed by atoms with E-state index in [1.807, 2.05) is 6.07 Å². The predicted molar refractivity (Wildman–Crippen MR) is 65.9 cm³/mol. The number of aliphatic hydroxyl groups is 1. The lowest BCUT2D eigenvalue weighted by Crippen LogP contribution is -2.44. The molecule has 96 valence electrons. The lowest BCUT2D eigenvalue weighted by atomic mass is 9.85. The van der Waals surface area contributed by atoms with E-state index in [9.17, 15) is 9.90 Å². The average Bonchev–Trinajstić information content (AvgIpc) is 2.86. The summed E-state index contributed by atoms with van der Waals surface area (Å²) in [4.78, 5) is 14.5. The van der Waals surface area contributed by atoms with E-state index in [0.29, 0.717) is 11.4 Å². The van der Waals surface area contributed by atoms with Crippen LogP contribution in [0.25, 0.3) is 0 Å². The Morgan fingerprint density at radius 3 is 2.78 bits per heavy atom. The summed E-state index contributed by atoms with van der Waals surface area (Å²) >= 11 is 0. The molecule has 1 saturated carbocycles. The molecule has 0 saturated heterocycles. The molecule has 5 heteroatoms. The smallest absolute Gasteiger partial charge is 0.267 e. The van der Waals surface area contributed by atoms with Crippen LogP contribution < -0.4 is 5.32 Å². The van der Waals surface area contributed by atoms with E-state index >= 15 is 0 Å². The monoisotopic (exact) mass is 247 g/mol. The summed E-state index contributed by atoms with van der Waals surface area (Å²) in [5.74, 6) is -0.282. The van der Waals surface area contributed by atoms with Crippen LogP contribution in [0, 0.1) is 11.3 Å². The molecule has 18 heavy (non-hydrogen) atoms. The van der Waals surface area contributed by atoms with E-state index in [1.165, 1.54) is 0 Å². The highest BCUT2D eigenvalue weighted by atomic mass is 16.3. The van der Waals surface area contributed by atoms with Gasteiger partial charge in [0, 0.05) is 6.54 Å². The second kappa shape index (κ2) is 5.23. The Labute approximate surface area is 106 Å². The second-order valence-corrected chi connectivity index (χ2v) is 4.87. The zero-order chi connectivity index (χ0) is 13.0. The largest absolute Gasteiger partial charge is 0.388 e. The summed E-state index contributed by atoms with van der Waals surface area (Å²) in [7, 11) is 0. The van der Waals surface area contributed by atoms with Crippen molar-refractivity contribution in [2.45, 2.75) is 37.7 Å². The molecule has 0 aromatic carbocycles. The van der Waals surface area contributed by atoms with Crippen LogP contribution in [0.5, 0.6) is 0 Å². The fraction of sp³-hybridized carbons (Fsp3) is 0.538. The van der Waals surface area contributed by atoms with Crippen LogP contribution in [0.4, 0.5) is 0 Å². The first-order chi connectivity index (χ1) is 8.63. The van der Waals surface area contributed by atoms with Crippen LogP contribution in [-0.4, -0.2) is 28.1 Å². The molecular weight excluding hydrogens is 230 g/mol. The number of carbonyl (C=O) groups excluding carboxylic acids is 1. The van der Waals surface area contributed by atoms with Gasteiger partial charge in [0.05, 0.1) is 5.60 Å². The lowest BCUT2D eigenvalue weighted by Gasteiger charge is -2.32. The summed E-state index contributed by atoms with van der Waals surface area (Å²) in [6.07, 6.45) is 4.64. The van der Waals surface area contributed by atoms with Gasteiger partial charge in [-0.3, -0.25) is 4.79 Å². The highest BCUT2D eigenvalue weighted by molar-refractivity contribution is 5.92. The number of nitrogens with zero attached hydrogens (tertiary/aromatic N) is 1. The quantitative estimate of drug-likeness (QED) is 0.752. The van der Waals surface area contributed by atoms with Crippen LogP contribution in [-0.2, 0) is 0 Å². The van der Waals surface area contributed by atoms with Crippen molar-refractivity contribution < 1.29 is 9.90 Å². The fourth-order valence-corrected chi connectivity index (χ4v) is 2.32. The molecular formula is C13H17N3O2. The molecule has 1 fully saturated rings. The van der Waals surface area contributed by atoms with E-state index in [1.54, 1.807) is 12.1 Å². The molecule has 0 aliphatic heterocycles. The molecule has 0 radical (unpaired) electrons. The summed E-state index contributed by atoms with van der Waals surface area (Å²) in [5.41, 5.74) is -0.0547. The van der Waals surface area contributed by atoms with Gasteiger partial charge in [-0.15, -0.1) is 0 Å². The minimum Gasteiger partial charge on any atom is -0.388 e. The van der Waals surface area contributed by atoms with Crippen molar-refractivity contribution in [3.63, 3.8) is 0 Å². The van der Waals surface area contributed by atoms with Crippen LogP contribution >= 0.6 is 0 Å². The first kappa shape index (κ1) is 12.7. The van der Waals surface area contributed by atoms with E-state index in [2.05, 4.69) is 10.3 Å². The van der Waals surface area contributed by atoms with Crippen molar-refractivity contribution >= 4 is 5.91 Å². The number of aromatic nitrogens is 1. The molecule has 0 unspecified atom stereocenters. The summed E-state index contributed by atoms with van der Waals surface area (Å²) in [6, 6.07) is 5.06. The Morgan fingerprint density at radius 2 is 2.17 bits per heavy atom. The number of aromatic amines is 1. The van der Waals surface area contributed by atoms with Crippen LogP contribution in [0.1, 0.15) is 48.3 Å². The molecule has 5 nitrogen and oxygen atoms in total. The van der Waals surface area contributed by atoms with Gasteiger partial charge in [0.25, 0.3) is 5.91 Å². The van der Waals surface area contributed by atoms with Gasteiger partial charge in [0.1, 0.15) is 17.5 Å². The molecule has 1 amide bonds. The number of carbonyl (C=O) groups is 1. The molecule has 2 rings (SSSR count). The molecule has 1 aliphatic rings. The van der Waals surface area contributed by atoms with Crippen molar-refractivity contribution in [3.05, 3.63) is 23.5 Å². The molecule has 1 heterocycles. The molecule has 1 aromatic rings. The van der Waals surface area contributed by atoms with E-state index < -0.39 is 5.60 Å². The first-order valence-corrected chi connectivity index (χ1v) is 6.23. The van der Waals surface area contributed by atoms with E-state index in [4.69, 9.17) is 5.26 Å². The zero-order valence-electron chi connectivity index (χ0n) is 10.2. The maximum absolute atomic E-state index is 11.8. The Balaban J connectivity index is 1.90. The molecule has 3 N–H and O–H groups in total. The van der Waals surface area contributed by atoms with Gasteiger partial charge in [-0.2, -0.15) is 5.26 Å². The second-order valence-electron chi connectivity index (χ2n) is 4.87. The van der Waals surface area contributed by atoms with Gasteiger partial charge in [0.2, 0.25) is 0 Å². The highest BCUT2D eigenvalue weighted by Crippen LogP contribution is 2.27. The van der Waals surface area contributed by atoms with E-state index in [0.717, 1.165) is 32.1 Å². The Hall–Kier alpha value is -1.80. The number of nitrogens with one attached hydrogen (secondary N) is 2. The fourth-order valence-electron chi connectivity index (χ4n) is 2.32. The third-order valence-electron chi connectivity index (χ3n) is 3.41. The van der Waals surface area contributed by atoms with Crippen molar-refractivity contribution in [3.8, 4) is 6.07 Å². The van der Waals surface area contributed by atoms with Gasteiger partial charge in [-0.1, -0.05) is 19.3 Å². The highest BCUT2D eigenvalue weighted by Gasteiger charge is 2.29. The molecule has 0 spiro atoms. The zero-order valence-corrected chi connectivity index (χ0v) is 10.2. The predicted octanol–water partition coefficient (Wildman–Crippen LogP) is 1.31. The van der Waals surface area contributed by atoms with Crippen LogP contribution in [0.3, 0.4) is 0 Å². The lowest BCUT2D eigenvalue weighted by molar-refractivity contribution is 0.00522. The minimum atomic E-state index is -0.765. The number of hydrogen-bond acceptors (Lipinski definition) is 3. The van der Waals surface area contributed by atoms with Crippen LogP contribution in [0.2, 0.25) is 0 Å². The number of hydrogen-bond donors (Lipinski definition) is 3.